The molecule has 0 radical (unpaired) electrons. The van der Waals surface area contributed by atoms with Crippen LogP contribution in [0.25, 0.3) is 11.1 Å². The van der Waals surface area contributed by atoms with Crippen LogP contribution in [-0.2, 0) is 0 Å². The highest BCUT2D eigenvalue weighted by Crippen LogP contribution is 2.29. The molecule has 1 atom stereocenters. The van der Waals surface area contributed by atoms with Crippen molar-refractivity contribution >= 4 is 0 Å². The largest absolute Gasteiger partial charge is 0.314 e. The Labute approximate surface area is 133 Å². The molecule has 2 nitrogen and oxygen atoms in total. The summed E-state index contributed by atoms with van der Waals surface area (Å²) < 4.78 is 0. The average Bonchev–Trinajstić information content (AvgIpc) is 2.61. The summed E-state index contributed by atoms with van der Waals surface area (Å²) in [5, 5.41) is 3.43. The Morgan fingerprint density at radius 1 is 1.00 bits per heavy atom. The maximum Gasteiger partial charge on any atom is 0.0383 e. The first kappa shape index (κ1) is 15.0. The normalized spacial score (nSPS) is 17.1. The lowest BCUT2D eigenvalue weighted by atomic mass is 9.96. The summed E-state index contributed by atoms with van der Waals surface area (Å²) in [4.78, 5) is 2.57. The molecule has 1 saturated heterocycles. The first-order valence-corrected chi connectivity index (χ1v) is 8.09. The van der Waals surface area contributed by atoms with Crippen molar-refractivity contribution in [2.75, 3.05) is 26.2 Å². The van der Waals surface area contributed by atoms with Crippen LogP contribution in [0, 0.1) is 0 Å². The number of nitrogens with zero attached hydrogens (tertiary/aromatic N) is 1. The highest BCUT2D eigenvalue weighted by atomic mass is 15.2. The quantitative estimate of drug-likeness (QED) is 0.841. The van der Waals surface area contributed by atoms with Gasteiger partial charge in [-0.15, -0.1) is 6.58 Å². The van der Waals surface area contributed by atoms with Crippen molar-refractivity contribution in [3.8, 4) is 11.1 Å². The molecule has 2 heteroatoms. The van der Waals surface area contributed by atoms with E-state index in [9.17, 15) is 0 Å². The molecule has 1 heterocycles. The lowest BCUT2D eigenvalue weighted by molar-refractivity contribution is 0.174. The fraction of sp³-hybridized carbons (Fsp3) is 0.300. The fourth-order valence-electron chi connectivity index (χ4n) is 3.20. The van der Waals surface area contributed by atoms with Crippen LogP contribution in [0.1, 0.15) is 18.0 Å². The van der Waals surface area contributed by atoms with Crippen molar-refractivity contribution in [1.29, 1.82) is 0 Å². The van der Waals surface area contributed by atoms with Crippen molar-refractivity contribution in [2.45, 2.75) is 12.5 Å². The summed E-state index contributed by atoms with van der Waals surface area (Å²) in [6, 6.07) is 20.0. The summed E-state index contributed by atoms with van der Waals surface area (Å²) >= 11 is 0. The summed E-state index contributed by atoms with van der Waals surface area (Å²) in [6.07, 6.45) is 3.04. The average molecular weight is 292 g/mol. The third kappa shape index (κ3) is 3.46. The first-order valence-electron chi connectivity index (χ1n) is 8.09. The third-order valence-corrected chi connectivity index (χ3v) is 4.36. The standard InChI is InChI=1S/C20H24N2/c1-2-7-20(22-14-12-21-13-15-22)19-11-6-10-18(16-19)17-8-4-3-5-9-17/h2-6,8-11,16,20-21H,1,7,12-15H2/t20-/m0/s1. The van der Waals surface area contributed by atoms with Crippen LogP contribution in [0.5, 0.6) is 0 Å². The second-order valence-electron chi connectivity index (χ2n) is 5.82. The van der Waals surface area contributed by atoms with E-state index in [1.165, 1.54) is 16.7 Å². The van der Waals surface area contributed by atoms with Crippen LogP contribution in [0.2, 0.25) is 0 Å². The highest BCUT2D eigenvalue weighted by molar-refractivity contribution is 5.64. The van der Waals surface area contributed by atoms with Crippen LogP contribution in [0.3, 0.4) is 0 Å². The topological polar surface area (TPSA) is 15.3 Å². The van der Waals surface area contributed by atoms with E-state index in [2.05, 4.69) is 71.4 Å². The van der Waals surface area contributed by atoms with Crippen LogP contribution in [0.4, 0.5) is 0 Å². The number of rotatable bonds is 5. The van der Waals surface area contributed by atoms with E-state index in [-0.39, 0.29) is 0 Å². The predicted molar refractivity (Wildman–Crippen MR) is 93.9 cm³/mol. The Balaban J connectivity index is 1.89. The molecule has 0 amide bonds. The monoisotopic (exact) mass is 292 g/mol. The van der Waals surface area contributed by atoms with Gasteiger partial charge in [-0.2, -0.15) is 0 Å². The van der Waals surface area contributed by atoms with Gasteiger partial charge in [0, 0.05) is 32.2 Å². The number of benzene rings is 2. The Morgan fingerprint density at radius 3 is 2.45 bits per heavy atom. The lowest BCUT2D eigenvalue weighted by Gasteiger charge is -2.35. The molecule has 2 aromatic carbocycles. The molecule has 1 N–H and O–H groups in total. The molecule has 0 unspecified atom stereocenters. The minimum atomic E-state index is 0.434. The fourth-order valence-corrected chi connectivity index (χ4v) is 3.20. The Bertz CT molecular complexity index is 600. The van der Waals surface area contributed by atoms with Crippen LogP contribution in [0.15, 0.2) is 67.3 Å². The molecule has 3 rings (SSSR count). The van der Waals surface area contributed by atoms with E-state index < -0.39 is 0 Å². The van der Waals surface area contributed by atoms with Gasteiger partial charge >= 0.3 is 0 Å². The van der Waals surface area contributed by atoms with E-state index in [1.54, 1.807) is 0 Å². The van der Waals surface area contributed by atoms with E-state index in [0.717, 1.165) is 32.6 Å². The first-order chi connectivity index (χ1) is 10.9. The van der Waals surface area contributed by atoms with E-state index in [1.807, 2.05) is 6.08 Å². The van der Waals surface area contributed by atoms with Gasteiger partial charge in [0.2, 0.25) is 0 Å². The minimum Gasteiger partial charge on any atom is -0.314 e. The van der Waals surface area contributed by atoms with Gasteiger partial charge in [-0.25, -0.2) is 0 Å². The van der Waals surface area contributed by atoms with Gasteiger partial charge < -0.3 is 5.32 Å². The SMILES string of the molecule is C=CC[C@@H](c1cccc(-c2ccccc2)c1)N1CCNCC1. The molecular weight excluding hydrogens is 268 g/mol. The predicted octanol–water partition coefficient (Wildman–Crippen LogP) is 3.88. The van der Waals surface area contributed by atoms with E-state index in [0.29, 0.717) is 6.04 Å². The Hall–Kier alpha value is -1.90. The maximum atomic E-state index is 3.96. The summed E-state index contributed by atoms with van der Waals surface area (Å²) in [6.45, 7) is 8.32. The van der Waals surface area contributed by atoms with Crippen molar-refractivity contribution in [2.24, 2.45) is 0 Å². The molecule has 114 valence electrons. The molecule has 1 fully saturated rings. The molecule has 1 aliphatic heterocycles. The number of hydrogen-bond donors (Lipinski definition) is 1. The summed E-state index contributed by atoms with van der Waals surface area (Å²) in [5.74, 6) is 0. The maximum absolute atomic E-state index is 3.96. The molecule has 0 aliphatic carbocycles. The van der Waals surface area contributed by atoms with Gasteiger partial charge in [-0.1, -0.05) is 54.6 Å². The minimum absolute atomic E-state index is 0.434. The smallest absolute Gasteiger partial charge is 0.0383 e. The van der Waals surface area contributed by atoms with Crippen molar-refractivity contribution in [3.05, 3.63) is 72.8 Å². The molecular formula is C20H24N2. The van der Waals surface area contributed by atoms with Gasteiger partial charge in [-0.05, 0) is 29.2 Å². The van der Waals surface area contributed by atoms with Gasteiger partial charge in [0.05, 0.1) is 0 Å². The van der Waals surface area contributed by atoms with E-state index in [4.69, 9.17) is 0 Å². The van der Waals surface area contributed by atoms with Gasteiger partial charge in [0.1, 0.15) is 0 Å². The number of nitrogens with one attached hydrogen (secondary N) is 1. The lowest BCUT2D eigenvalue weighted by Crippen LogP contribution is -2.45. The molecule has 2 aromatic rings. The number of hydrogen-bond acceptors (Lipinski definition) is 2. The molecule has 1 aliphatic rings. The van der Waals surface area contributed by atoms with Crippen LogP contribution < -0.4 is 5.32 Å². The van der Waals surface area contributed by atoms with Crippen molar-refractivity contribution in [3.63, 3.8) is 0 Å². The molecule has 0 aromatic heterocycles. The van der Waals surface area contributed by atoms with E-state index >= 15 is 0 Å². The van der Waals surface area contributed by atoms with Crippen molar-refractivity contribution < 1.29 is 0 Å². The Morgan fingerprint density at radius 2 is 1.73 bits per heavy atom. The zero-order chi connectivity index (χ0) is 15.2. The van der Waals surface area contributed by atoms with Crippen molar-refractivity contribution in [1.82, 2.24) is 10.2 Å². The van der Waals surface area contributed by atoms with Crippen LogP contribution >= 0.6 is 0 Å². The summed E-state index contributed by atoms with van der Waals surface area (Å²) in [5.41, 5.74) is 3.97. The van der Waals surface area contributed by atoms with Gasteiger partial charge in [-0.3, -0.25) is 4.90 Å². The summed E-state index contributed by atoms with van der Waals surface area (Å²) in [7, 11) is 0. The highest BCUT2D eigenvalue weighted by Gasteiger charge is 2.21. The number of piperazine rings is 1. The molecule has 0 saturated carbocycles. The second kappa shape index (κ2) is 7.39. The van der Waals surface area contributed by atoms with Gasteiger partial charge in [0.15, 0.2) is 0 Å². The Kier molecular flexibility index (Phi) is 5.04. The molecule has 0 spiro atoms. The molecule has 0 bridgehead atoms. The zero-order valence-electron chi connectivity index (χ0n) is 13.0. The second-order valence-corrected chi connectivity index (χ2v) is 5.82. The molecule has 22 heavy (non-hydrogen) atoms. The zero-order valence-corrected chi connectivity index (χ0v) is 13.0. The van der Waals surface area contributed by atoms with Crippen LogP contribution in [-0.4, -0.2) is 31.1 Å². The third-order valence-electron chi connectivity index (χ3n) is 4.36. The van der Waals surface area contributed by atoms with Gasteiger partial charge in [0.25, 0.3) is 0 Å².